The average molecular weight is 245 g/mol. The van der Waals surface area contributed by atoms with E-state index in [4.69, 9.17) is 0 Å². The Labute approximate surface area is 112 Å². The molecule has 0 saturated heterocycles. The topological polar surface area (TPSA) is 12.0 Å². The first-order chi connectivity index (χ1) is 8.56. The second kappa shape index (κ2) is 5.88. The molecule has 0 heterocycles. The third kappa shape index (κ3) is 3.35. The molecule has 1 aromatic carbocycles. The lowest BCUT2D eigenvalue weighted by atomic mass is 9.79. The molecule has 0 aromatic heterocycles. The Morgan fingerprint density at radius 2 is 1.94 bits per heavy atom. The third-order valence-corrected chi connectivity index (χ3v) is 4.63. The van der Waals surface area contributed by atoms with Crippen molar-refractivity contribution in [3.63, 3.8) is 0 Å². The largest absolute Gasteiger partial charge is 0.307 e. The summed E-state index contributed by atoms with van der Waals surface area (Å²) in [5.74, 6) is 1.76. The highest BCUT2D eigenvalue weighted by atomic mass is 14.9. The van der Waals surface area contributed by atoms with E-state index in [9.17, 15) is 0 Å². The van der Waals surface area contributed by atoms with Gasteiger partial charge in [0.25, 0.3) is 0 Å². The second-order valence-corrected chi connectivity index (χ2v) is 6.27. The van der Waals surface area contributed by atoms with Gasteiger partial charge in [-0.2, -0.15) is 0 Å². The molecule has 2 rings (SSSR count). The summed E-state index contributed by atoms with van der Waals surface area (Å²) in [7, 11) is 0. The Bertz CT molecular complexity index is 385. The van der Waals surface area contributed by atoms with Gasteiger partial charge in [-0.25, -0.2) is 0 Å². The summed E-state index contributed by atoms with van der Waals surface area (Å²) in [6, 6.07) is 10.0. The number of nitrogens with one attached hydrogen (secondary N) is 1. The maximum atomic E-state index is 3.81. The van der Waals surface area contributed by atoms with Crippen LogP contribution in [0.5, 0.6) is 0 Å². The molecule has 0 radical (unpaired) electrons. The Morgan fingerprint density at radius 1 is 1.17 bits per heavy atom. The molecule has 1 nitrogen and oxygen atoms in total. The zero-order valence-electron chi connectivity index (χ0n) is 12.2. The van der Waals surface area contributed by atoms with E-state index in [1.165, 1.54) is 30.4 Å². The Kier molecular flexibility index (Phi) is 4.45. The predicted molar refractivity (Wildman–Crippen MR) is 78.7 cm³/mol. The van der Waals surface area contributed by atoms with Gasteiger partial charge >= 0.3 is 0 Å². The molecule has 1 aliphatic rings. The Hall–Kier alpha value is -0.820. The maximum Gasteiger partial charge on any atom is 0.0294 e. The number of benzene rings is 1. The quantitative estimate of drug-likeness (QED) is 0.828. The van der Waals surface area contributed by atoms with Gasteiger partial charge in [-0.1, -0.05) is 43.7 Å². The highest BCUT2D eigenvalue weighted by Crippen LogP contribution is 2.30. The highest BCUT2D eigenvalue weighted by molar-refractivity contribution is 5.24. The van der Waals surface area contributed by atoms with Crippen LogP contribution in [0.3, 0.4) is 0 Å². The molecule has 3 unspecified atom stereocenters. The van der Waals surface area contributed by atoms with Crippen LogP contribution in [0.2, 0.25) is 0 Å². The van der Waals surface area contributed by atoms with Crippen molar-refractivity contribution in [3.8, 4) is 0 Å². The SMILES string of the molecule is Cc1cccc([C@H](C)NC2CCC(C)C(C)C2)c1. The van der Waals surface area contributed by atoms with E-state index in [1.54, 1.807) is 0 Å². The van der Waals surface area contributed by atoms with Crippen LogP contribution in [0.1, 0.15) is 57.2 Å². The normalized spacial score (nSPS) is 30.1. The van der Waals surface area contributed by atoms with Gasteiger partial charge in [0.05, 0.1) is 0 Å². The highest BCUT2D eigenvalue weighted by Gasteiger charge is 2.25. The molecule has 0 bridgehead atoms. The standard InChI is InChI=1S/C17H27N/c1-12-6-5-7-16(10-12)15(4)18-17-9-8-13(2)14(3)11-17/h5-7,10,13-15,17-18H,8-9,11H2,1-4H3/t13?,14?,15-,17?/m0/s1. The van der Waals surface area contributed by atoms with Crippen LogP contribution in [0.25, 0.3) is 0 Å². The first-order valence-electron chi connectivity index (χ1n) is 7.39. The van der Waals surface area contributed by atoms with Crippen LogP contribution in [0, 0.1) is 18.8 Å². The fraction of sp³-hybridized carbons (Fsp3) is 0.647. The van der Waals surface area contributed by atoms with Crippen LogP contribution in [0.4, 0.5) is 0 Å². The molecule has 0 spiro atoms. The minimum absolute atomic E-state index is 0.468. The molecule has 0 aliphatic heterocycles. The van der Waals surface area contributed by atoms with Gasteiger partial charge in [-0.05, 0) is 50.5 Å². The summed E-state index contributed by atoms with van der Waals surface area (Å²) >= 11 is 0. The van der Waals surface area contributed by atoms with Gasteiger partial charge < -0.3 is 5.32 Å². The molecule has 4 atom stereocenters. The minimum atomic E-state index is 0.468. The molecule has 1 fully saturated rings. The summed E-state index contributed by atoms with van der Waals surface area (Å²) in [6.45, 7) is 9.25. The number of hydrogen-bond acceptors (Lipinski definition) is 1. The first-order valence-corrected chi connectivity index (χ1v) is 7.39. The van der Waals surface area contributed by atoms with Gasteiger partial charge in [0.15, 0.2) is 0 Å². The summed E-state index contributed by atoms with van der Waals surface area (Å²) in [5, 5.41) is 3.81. The van der Waals surface area contributed by atoms with E-state index in [0.717, 1.165) is 11.8 Å². The fourth-order valence-electron chi connectivity index (χ4n) is 3.09. The number of aryl methyl sites for hydroxylation is 1. The van der Waals surface area contributed by atoms with Gasteiger partial charge in [0.2, 0.25) is 0 Å². The smallest absolute Gasteiger partial charge is 0.0294 e. The van der Waals surface area contributed by atoms with Crippen LogP contribution >= 0.6 is 0 Å². The molecule has 0 amide bonds. The molecular weight excluding hydrogens is 218 g/mol. The molecule has 1 aliphatic carbocycles. The van der Waals surface area contributed by atoms with E-state index in [0.29, 0.717) is 12.1 Å². The van der Waals surface area contributed by atoms with E-state index >= 15 is 0 Å². The van der Waals surface area contributed by atoms with Crippen molar-refractivity contribution in [3.05, 3.63) is 35.4 Å². The van der Waals surface area contributed by atoms with Crippen molar-refractivity contribution < 1.29 is 0 Å². The number of rotatable bonds is 3. The monoisotopic (exact) mass is 245 g/mol. The van der Waals surface area contributed by atoms with Crippen molar-refractivity contribution >= 4 is 0 Å². The van der Waals surface area contributed by atoms with Crippen molar-refractivity contribution in [2.75, 3.05) is 0 Å². The zero-order chi connectivity index (χ0) is 13.1. The molecule has 1 heteroatoms. The molecular formula is C17H27N. The lowest BCUT2D eigenvalue weighted by molar-refractivity contribution is 0.217. The van der Waals surface area contributed by atoms with E-state index < -0.39 is 0 Å². The first kappa shape index (κ1) is 13.6. The Balaban J connectivity index is 1.93. The summed E-state index contributed by atoms with van der Waals surface area (Å²) < 4.78 is 0. The molecule has 1 N–H and O–H groups in total. The van der Waals surface area contributed by atoms with Crippen LogP contribution in [-0.4, -0.2) is 6.04 Å². The minimum Gasteiger partial charge on any atom is -0.307 e. The van der Waals surface area contributed by atoms with Gasteiger partial charge in [-0.15, -0.1) is 0 Å². The van der Waals surface area contributed by atoms with E-state index in [1.807, 2.05) is 0 Å². The van der Waals surface area contributed by atoms with Crippen LogP contribution in [-0.2, 0) is 0 Å². The van der Waals surface area contributed by atoms with Crippen LogP contribution in [0.15, 0.2) is 24.3 Å². The molecule has 1 aromatic rings. The fourth-order valence-corrected chi connectivity index (χ4v) is 3.09. The lowest BCUT2D eigenvalue weighted by Crippen LogP contribution is -2.37. The maximum absolute atomic E-state index is 3.81. The molecule has 1 saturated carbocycles. The molecule has 18 heavy (non-hydrogen) atoms. The van der Waals surface area contributed by atoms with Crippen molar-refractivity contribution in [1.82, 2.24) is 5.32 Å². The van der Waals surface area contributed by atoms with Crippen molar-refractivity contribution in [1.29, 1.82) is 0 Å². The molecule has 100 valence electrons. The predicted octanol–water partition coefficient (Wildman–Crippen LogP) is 4.47. The van der Waals surface area contributed by atoms with E-state index in [-0.39, 0.29) is 0 Å². The van der Waals surface area contributed by atoms with Crippen molar-refractivity contribution in [2.45, 2.75) is 59.0 Å². The third-order valence-electron chi connectivity index (χ3n) is 4.63. The summed E-state index contributed by atoms with van der Waals surface area (Å²) in [4.78, 5) is 0. The van der Waals surface area contributed by atoms with Gasteiger partial charge in [0.1, 0.15) is 0 Å². The van der Waals surface area contributed by atoms with Gasteiger partial charge in [0, 0.05) is 12.1 Å². The second-order valence-electron chi connectivity index (χ2n) is 6.27. The van der Waals surface area contributed by atoms with Crippen molar-refractivity contribution in [2.24, 2.45) is 11.8 Å². The zero-order valence-corrected chi connectivity index (χ0v) is 12.2. The number of hydrogen-bond donors (Lipinski definition) is 1. The summed E-state index contributed by atoms with van der Waals surface area (Å²) in [6.07, 6.45) is 4.04. The van der Waals surface area contributed by atoms with Gasteiger partial charge in [-0.3, -0.25) is 0 Å². The average Bonchev–Trinajstić information content (AvgIpc) is 2.34. The van der Waals surface area contributed by atoms with Crippen LogP contribution < -0.4 is 5.32 Å². The van der Waals surface area contributed by atoms with E-state index in [2.05, 4.69) is 57.3 Å². The summed E-state index contributed by atoms with van der Waals surface area (Å²) in [5.41, 5.74) is 2.77. The lowest BCUT2D eigenvalue weighted by Gasteiger charge is -2.34. The Morgan fingerprint density at radius 3 is 2.61 bits per heavy atom.